The molecule has 2 aromatic rings. The first-order valence-electron chi connectivity index (χ1n) is 7.83. The zero-order chi connectivity index (χ0) is 18.0. The van der Waals surface area contributed by atoms with E-state index in [2.05, 4.69) is 0 Å². The van der Waals surface area contributed by atoms with Gasteiger partial charge < -0.3 is 19.8 Å². The number of phenolic OH excluding ortho intramolecular Hbond substituents is 2. The highest BCUT2D eigenvalue weighted by Crippen LogP contribution is 2.28. The van der Waals surface area contributed by atoms with Crippen LogP contribution in [0.3, 0.4) is 0 Å². The number of hydrogen-bond donors (Lipinski definition) is 2. The third-order valence-corrected chi connectivity index (χ3v) is 4.45. The predicted octanol–water partition coefficient (Wildman–Crippen LogP) is 3.43. The van der Waals surface area contributed by atoms with Crippen molar-refractivity contribution in [3.05, 3.63) is 52.8 Å². The van der Waals surface area contributed by atoms with Crippen LogP contribution in [-0.2, 0) is 0 Å². The fourth-order valence-corrected chi connectivity index (χ4v) is 3.05. The summed E-state index contributed by atoms with van der Waals surface area (Å²) in [5, 5.41) is 19.3. The Kier molecular flexibility index (Phi) is 4.99. The molecule has 1 amide bonds. The van der Waals surface area contributed by atoms with Gasteiger partial charge in [-0.25, -0.2) is 4.39 Å². The first-order chi connectivity index (χ1) is 11.9. The molecule has 0 spiro atoms. The molecule has 1 fully saturated rings. The second kappa shape index (κ2) is 7.19. The Labute approximate surface area is 149 Å². The smallest absolute Gasteiger partial charge is 0.257 e. The molecule has 1 atom stereocenters. The number of rotatable bonds is 4. The van der Waals surface area contributed by atoms with Crippen molar-refractivity contribution in [2.45, 2.75) is 6.42 Å². The molecule has 0 saturated carbocycles. The quantitative estimate of drug-likeness (QED) is 0.870. The molecule has 0 bridgehead atoms. The van der Waals surface area contributed by atoms with Crippen LogP contribution >= 0.6 is 11.6 Å². The van der Waals surface area contributed by atoms with E-state index in [9.17, 15) is 19.4 Å². The van der Waals surface area contributed by atoms with Gasteiger partial charge in [-0.2, -0.15) is 0 Å². The van der Waals surface area contributed by atoms with Gasteiger partial charge >= 0.3 is 0 Å². The van der Waals surface area contributed by atoms with E-state index in [0.717, 1.165) is 12.5 Å². The average Bonchev–Trinajstić information content (AvgIpc) is 3.02. The first kappa shape index (κ1) is 17.4. The van der Waals surface area contributed by atoms with Crippen molar-refractivity contribution in [3.63, 3.8) is 0 Å². The maximum atomic E-state index is 13.0. The summed E-state index contributed by atoms with van der Waals surface area (Å²) >= 11 is 5.93. The molecule has 7 heteroatoms. The highest BCUT2D eigenvalue weighted by atomic mass is 35.5. The number of hydrogen-bond acceptors (Lipinski definition) is 4. The number of halogens is 2. The van der Waals surface area contributed by atoms with Crippen LogP contribution in [-0.4, -0.2) is 40.7 Å². The Hall–Kier alpha value is -2.47. The fourth-order valence-electron chi connectivity index (χ4n) is 2.82. The highest BCUT2D eigenvalue weighted by Gasteiger charge is 2.28. The molecular weight excluding hydrogens is 349 g/mol. The van der Waals surface area contributed by atoms with Gasteiger partial charge in [-0.3, -0.25) is 4.79 Å². The Balaban J connectivity index is 1.58. The summed E-state index contributed by atoms with van der Waals surface area (Å²) in [5.41, 5.74) is 0.154. The van der Waals surface area contributed by atoms with E-state index in [-0.39, 0.29) is 33.9 Å². The molecule has 1 heterocycles. The zero-order valence-corrected chi connectivity index (χ0v) is 14.0. The van der Waals surface area contributed by atoms with E-state index >= 15 is 0 Å². The second-order valence-electron chi connectivity index (χ2n) is 5.99. The van der Waals surface area contributed by atoms with Gasteiger partial charge in [0.05, 0.1) is 17.2 Å². The lowest BCUT2D eigenvalue weighted by Gasteiger charge is -2.18. The van der Waals surface area contributed by atoms with Gasteiger partial charge in [0.2, 0.25) is 0 Å². The van der Waals surface area contributed by atoms with E-state index in [1.54, 1.807) is 4.90 Å². The largest absolute Gasteiger partial charge is 0.508 e. The summed E-state index contributed by atoms with van der Waals surface area (Å²) in [7, 11) is 0. The number of aromatic hydroxyl groups is 2. The van der Waals surface area contributed by atoms with Crippen molar-refractivity contribution in [2.24, 2.45) is 5.92 Å². The number of ether oxygens (including phenoxy) is 1. The van der Waals surface area contributed by atoms with Crippen molar-refractivity contribution in [3.8, 4) is 17.2 Å². The first-order valence-corrected chi connectivity index (χ1v) is 8.21. The Morgan fingerprint density at radius 1 is 1.28 bits per heavy atom. The lowest BCUT2D eigenvalue weighted by atomic mass is 10.1. The normalized spacial score (nSPS) is 16.9. The zero-order valence-electron chi connectivity index (χ0n) is 13.3. The van der Waals surface area contributed by atoms with E-state index in [1.165, 1.54) is 30.3 Å². The molecule has 1 aliphatic rings. The number of amides is 1. The predicted molar refractivity (Wildman–Crippen MR) is 90.7 cm³/mol. The molecule has 0 radical (unpaired) electrons. The molecule has 1 saturated heterocycles. The third kappa shape index (κ3) is 3.96. The molecular formula is C18H17ClFNO4. The summed E-state index contributed by atoms with van der Waals surface area (Å²) < 4.78 is 18.7. The number of likely N-dealkylation sites (tertiary alicyclic amines) is 1. The molecule has 5 nitrogen and oxygen atoms in total. The summed E-state index contributed by atoms with van der Waals surface area (Å²) in [6.45, 7) is 1.39. The highest BCUT2D eigenvalue weighted by molar-refractivity contribution is 6.32. The molecule has 2 aromatic carbocycles. The molecule has 1 aliphatic heterocycles. The third-order valence-electron chi connectivity index (χ3n) is 4.15. The number of carbonyl (C=O) groups excluding carboxylic acids is 1. The summed E-state index contributed by atoms with van der Waals surface area (Å²) in [5.74, 6) is -0.544. The van der Waals surface area contributed by atoms with Crippen LogP contribution in [0.15, 0.2) is 36.4 Å². The number of benzene rings is 2. The molecule has 132 valence electrons. The maximum absolute atomic E-state index is 13.0. The van der Waals surface area contributed by atoms with Gasteiger partial charge in [0.25, 0.3) is 5.91 Å². The van der Waals surface area contributed by atoms with E-state index in [4.69, 9.17) is 16.3 Å². The minimum absolute atomic E-state index is 0.0991. The van der Waals surface area contributed by atoms with Crippen molar-refractivity contribution in [1.29, 1.82) is 0 Å². The van der Waals surface area contributed by atoms with Crippen molar-refractivity contribution < 1.29 is 24.1 Å². The maximum Gasteiger partial charge on any atom is 0.257 e. The van der Waals surface area contributed by atoms with Crippen LogP contribution in [0.25, 0.3) is 0 Å². The van der Waals surface area contributed by atoms with E-state index in [0.29, 0.717) is 25.4 Å². The summed E-state index contributed by atoms with van der Waals surface area (Å²) in [4.78, 5) is 14.1. The van der Waals surface area contributed by atoms with Gasteiger partial charge in [-0.15, -0.1) is 0 Å². The fraction of sp³-hybridized carbons (Fsp3) is 0.278. The van der Waals surface area contributed by atoms with Gasteiger partial charge in [-0.1, -0.05) is 11.6 Å². The second-order valence-corrected chi connectivity index (χ2v) is 6.40. The molecule has 2 N–H and O–H groups in total. The van der Waals surface area contributed by atoms with Crippen LogP contribution in [0.4, 0.5) is 4.39 Å². The summed E-state index contributed by atoms with van der Waals surface area (Å²) in [6.07, 6.45) is 0.753. The number of carbonyl (C=O) groups is 1. The minimum Gasteiger partial charge on any atom is -0.508 e. The molecule has 3 rings (SSSR count). The molecule has 0 aliphatic carbocycles. The Bertz CT molecular complexity index is 799. The lowest BCUT2D eigenvalue weighted by Crippen LogP contribution is -2.29. The van der Waals surface area contributed by atoms with Gasteiger partial charge in [-0.05, 0) is 36.8 Å². The van der Waals surface area contributed by atoms with Crippen LogP contribution < -0.4 is 4.74 Å². The Morgan fingerprint density at radius 3 is 2.80 bits per heavy atom. The van der Waals surface area contributed by atoms with Gasteiger partial charge in [0.15, 0.2) is 0 Å². The van der Waals surface area contributed by atoms with E-state index in [1.807, 2.05) is 0 Å². The molecule has 0 aromatic heterocycles. The number of nitrogens with zero attached hydrogens (tertiary/aromatic N) is 1. The Morgan fingerprint density at radius 2 is 2.08 bits per heavy atom. The van der Waals surface area contributed by atoms with Crippen molar-refractivity contribution in [2.75, 3.05) is 19.7 Å². The molecule has 1 unspecified atom stereocenters. The van der Waals surface area contributed by atoms with E-state index < -0.39 is 5.82 Å². The van der Waals surface area contributed by atoms with Crippen molar-refractivity contribution >= 4 is 17.5 Å². The monoisotopic (exact) mass is 365 g/mol. The van der Waals surface area contributed by atoms with Crippen LogP contribution in [0, 0.1) is 11.7 Å². The average molecular weight is 366 g/mol. The van der Waals surface area contributed by atoms with Crippen LogP contribution in [0.5, 0.6) is 17.2 Å². The van der Waals surface area contributed by atoms with Crippen LogP contribution in [0.2, 0.25) is 5.02 Å². The van der Waals surface area contributed by atoms with Gasteiger partial charge in [0.1, 0.15) is 23.1 Å². The molecule has 25 heavy (non-hydrogen) atoms. The summed E-state index contributed by atoms with van der Waals surface area (Å²) in [6, 6.07) is 7.84. The SMILES string of the molecule is O=C(c1ccc(O)cc1O)N1CCC(COc2ccc(F)cc2Cl)C1. The number of phenols is 2. The minimum atomic E-state index is -0.427. The van der Waals surface area contributed by atoms with Crippen molar-refractivity contribution in [1.82, 2.24) is 4.90 Å². The lowest BCUT2D eigenvalue weighted by molar-refractivity contribution is 0.0780. The standard InChI is InChI=1S/C18H17ClFNO4/c19-15-7-12(20)1-4-17(15)25-10-11-5-6-21(9-11)18(24)14-3-2-13(22)8-16(14)23/h1-4,7-8,11,22-23H,5-6,9-10H2. The topological polar surface area (TPSA) is 70.0 Å². The van der Waals surface area contributed by atoms with Crippen LogP contribution in [0.1, 0.15) is 16.8 Å². The van der Waals surface area contributed by atoms with Gasteiger partial charge in [0, 0.05) is 25.1 Å².